The largest absolute Gasteiger partial charge is 0.468 e. The number of ether oxygens (including phenoxy) is 1. The van der Waals surface area contributed by atoms with E-state index in [1.54, 1.807) is 11.5 Å². The minimum absolute atomic E-state index is 0.0230. The fourth-order valence-electron chi connectivity index (χ4n) is 2.30. The maximum atomic E-state index is 12.9. The molecule has 0 saturated carbocycles. The number of hydrogen-bond acceptors (Lipinski definition) is 6. The Morgan fingerprint density at radius 1 is 1.35 bits per heavy atom. The van der Waals surface area contributed by atoms with Gasteiger partial charge in [-0.1, -0.05) is 25.6 Å². The lowest BCUT2D eigenvalue weighted by molar-refractivity contribution is -0.139. The second kappa shape index (κ2) is 7.05. The fraction of sp³-hybridized carbons (Fsp3) is 0.562. The van der Waals surface area contributed by atoms with E-state index in [4.69, 9.17) is 4.74 Å². The Hall–Kier alpha value is -1.34. The van der Waals surface area contributed by atoms with E-state index in [0.717, 1.165) is 15.3 Å². The molecule has 23 heavy (non-hydrogen) atoms. The summed E-state index contributed by atoms with van der Waals surface area (Å²) in [6.07, 6.45) is 0. The monoisotopic (exact) mass is 354 g/mol. The zero-order chi connectivity index (χ0) is 17.3. The Morgan fingerprint density at radius 2 is 2.00 bits per heavy atom. The summed E-state index contributed by atoms with van der Waals surface area (Å²) in [5.41, 5.74) is 0.975. The molecule has 0 spiro atoms. The highest BCUT2D eigenvalue weighted by atomic mass is 32.2. The van der Waals surface area contributed by atoms with Gasteiger partial charge in [0.15, 0.2) is 5.16 Å². The van der Waals surface area contributed by atoms with Crippen LogP contribution in [0.3, 0.4) is 0 Å². The molecule has 0 aliphatic rings. The number of rotatable bonds is 5. The van der Waals surface area contributed by atoms with Crippen molar-refractivity contribution in [1.82, 2.24) is 9.55 Å². The molecule has 0 bridgehead atoms. The summed E-state index contributed by atoms with van der Waals surface area (Å²) in [5.74, 6) is -0.0150. The Morgan fingerprint density at radius 3 is 2.57 bits per heavy atom. The van der Waals surface area contributed by atoms with Crippen LogP contribution in [-0.4, -0.2) is 27.9 Å². The van der Waals surface area contributed by atoms with Gasteiger partial charge in [0.25, 0.3) is 5.56 Å². The summed E-state index contributed by atoms with van der Waals surface area (Å²) in [5, 5.41) is 0.864. The van der Waals surface area contributed by atoms with Gasteiger partial charge in [0.1, 0.15) is 10.1 Å². The Bertz CT molecular complexity index is 793. The van der Waals surface area contributed by atoms with Crippen molar-refractivity contribution in [3.05, 3.63) is 20.8 Å². The second-order valence-corrected chi connectivity index (χ2v) is 8.46. The first-order valence-corrected chi connectivity index (χ1v) is 9.20. The number of esters is 1. The van der Waals surface area contributed by atoms with Crippen molar-refractivity contribution in [2.45, 2.75) is 51.6 Å². The third-order valence-electron chi connectivity index (χ3n) is 3.62. The molecule has 2 aromatic heterocycles. The molecule has 0 amide bonds. The van der Waals surface area contributed by atoms with Crippen molar-refractivity contribution in [3.63, 3.8) is 0 Å². The van der Waals surface area contributed by atoms with E-state index in [0.29, 0.717) is 23.0 Å². The Kier molecular flexibility index (Phi) is 5.52. The highest BCUT2D eigenvalue weighted by molar-refractivity contribution is 8.00. The minimum Gasteiger partial charge on any atom is -0.468 e. The minimum atomic E-state index is -0.412. The number of carbonyl (C=O) groups is 1. The number of carbonyl (C=O) groups excluding carboxylic acids is 1. The molecule has 1 atom stereocenters. The van der Waals surface area contributed by atoms with E-state index in [9.17, 15) is 9.59 Å². The van der Waals surface area contributed by atoms with Crippen LogP contribution in [0.15, 0.2) is 9.95 Å². The van der Waals surface area contributed by atoms with Crippen LogP contribution in [0.4, 0.5) is 0 Å². The predicted octanol–water partition coefficient (Wildman–Crippen LogP) is 3.38. The average Bonchev–Trinajstić information content (AvgIpc) is 2.76. The summed E-state index contributed by atoms with van der Waals surface area (Å²) in [6.45, 7) is 10.4. The van der Waals surface area contributed by atoms with Crippen LogP contribution in [0.25, 0.3) is 10.2 Å². The highest BCUT2D eigenvalue weighted by Crippen LogP contribution is 2.30. The standard InChI is InChI=1S/C16H22N2O3S2/c1-8(2)7-18-14(19)12-9(3)10(4)22-13(12)17-16(18)23-11(5)15(20)21-6/h8,11H,7H2,1-6H3/t11-/m1/s1. The average molecular weight is 354 g/mol. The van der Waals surface area contributed by atoms with E-state index >= 15 is 0 Å². The molecule has 0 N–H and O–H groups in total. The first-order valence-electron chi connectivity index (χ1n) is 7.51. The number of hydrogen-bond donors (Lipinski definition) is 0. The normalized spacial score (nSPS) is 12.8. The van der Waals surface area contributed by atoms with Crippen molar-refractivity contribution in [2.24, 2.45) is 5.92 Å². The van der Waals surface area contributed by atoms with Crippen LogP contribution >= 0.6 is 23.1 Å². The predicted molar refractivity (Wildman–Crippen MR) is 95.5 cm³/mol. The topological polar surface area (TPSA) is 61.2 Å². The van der Waals surface area contributed by atoms with Crippen molar-refractivity contribution in [1.29, 1.82) is 0 Å². The van der Waals surface area contributed by atoms with E-state index in [1.807, 2.05) is 13.8 Å². The van der Waals surface area contributed by atoms with Crippen LogP contribution in [0.2, 0.25) is 0 Å². The number of thiophene rings is 1. The zero-order valence-corrected chi connectivity index (χ0v) is 15.9. The van der Waals surface area contributed by atoms with Gasteiger partial charge in [-0.3, -0.25) is 14.2 Å². The van der Waals surface area contributed by atoms with Crippen LogP contribution in [0.1, 0.15) is 31.2 Å². The van der Waals surface area contributed by atoms with Gasteiger partial charge in [0.05, 0.1) is 12.5 Å². The molecule has 2 rings (SSSR count). The van der Waals surface area contributed by atoms with Gasteiger partial charge in [0.2, 0.25) is 0 Å². The summed E-state index contributed by atoms with van der Waals surface area (Å²) in [6, 6.07) is 0. The van der Waals surface area contributed by atoms with Gasteiger partial charge in [-0.05, 0) is 32.3 Å². The zero-order valence-electron chi connectivity index (χ0n) is 14.3. The molecule has 0 radical (unpaired) electrons. The van der Waals surface area contributed by atoms with Gasteiger partial charge >= 0.3 is 5.97 Å². The fourth-order valence-corrected chi connectivity index (χ4v) is 4.31. The van der Waals surface area contributed by atoms with Crippen molar-refractivity contribution in [3.8, 4) is 0 Å². The van der Waals surface area contributed by atoms with Gasteiger partial charge in [-0.15, -0.1) is 11.3 Å². The molecule has 0 fully saturated rings. The Balaban J connectivity index is 2.61. The van der Waals surface area contributed by atoms with Gasteiger partial charge < -0.3 is 4.74 Å². The third kappa shape index (κ3) is 3.61. The number of methoxy groups -OCH3 is 1. The van der Waals surface area contributed by atoms with E-state index in [-0.39, 0.29) is 11.5 Å². The van der Waals surface area contributed by atoms with Crippen LogP contribution in [-0.2, 0) is 16.1 Å². The molecule has 5 nitrogen and oxygen atoms in total. The van der Waals surface area contributed by atoms with Gasteiger partial charge in [-0.25, -0.2) is 4.98 Å². The van der Waals surface area contributed by atoms with Crippen molar-refractivity contribution >= 4 is 39.3 Å². The lowest BCUT2D eigenvalue weighted by Gasteiger charge is -2.16. The molecular formula is C16H22N2O3S2. The lowest BCUT2D eigenvalue weighted by Crippen LogP contribution is -2.27. The lowest BCUT2D eigenvalue weighted by atomic mass is 10.2. The summed E-state index contributed by atoms with van der Waals surface area (Å²) < 4.78 is 6.46. The van der Waals surface area contributed by atoms with Crippen molar-refractivity contribution < 1.29 is 9.53 Å². The SMILES string of the molecule is COC(=O)[C@@H](C)Sc1nc2sc(C)c(C)c2c(=O)n1CC(C)C. The van der Waals surface area contributed by atoms with Gasteiger partial charge in [-0.2, -0.15) is 0 Å². The molecule has 0 aliphatic heterocycles. The number of nitrogens with zero attached hydrogens (tertiary/aromatic N) is 2. The van der Waals surface area contributed by atoms with Crippen LogP contribution in [0.5, 0.6) is 0 Å². The molecule has 2 heterocycles. The summed E-state index contributed by atoms with van der Waals surface area (Å²) in [4.78, 5) is 31.1. The van der Waals surface area contributed by atoms with Crippen LogP contribution < -0.4 is 5.56 Å². The van der Waals surface area contributed by atoms with Crippen LogP contribution in [0, 0.1) is 19.8 Å². The van der Waals surface area contributed by atoms with Crippen molar-refractivity contribution in [2.75, 3.05) is 7.11 Å². The number of thioether (sulfide) groups is 1. The smallest absolute Gasteiger partial charge is 0.318 e. The first-order chi connectivity index (χ1) is 10.8. The molecule has 0 aliphatic carbocycles. The summed E-state index contributed by atoms with van der Waals surface area (Å²) in [7, 11) is 1.36. The van der Waals surface area contributed by atoms with E-state index < -0.39 is 5.25 Å². The summed E-state index contributed by atoms with van der Waals surface area (Å²) >= 11 is 2.79. The maximum Gasteiger partial charge on any atom is 0.318 e. The first kappa shape index (κ1) is 18.0. The molecule has 126 valence electrons. The molecule has 0 unspecified atom stereocenters. The molecule has 0 aromatic carbocycles. The van der Waals surface area contributed by atoms with E-state index in [1.165, 1.54) is 30.2 Å². The van der Waals surface area contributed by atoms with E-state index in [2.05, 4.69) is 18.8 Å². The maximum absolute atomic E-state index is 12.9. The number of aryl methyl sites for hydroxylation is 2. The molecule has 7 heteroatoms. The number of fused-ring (bicyclic) bond motifs is 1. The quantitative estimate of drug-likeness (QED) is 0.468. The highest BCUT2D eigenvalue weighted by Gasteiger charge is 2.22. The Labute approximate surface area is 144 Å². The van der Waals surface area contributed by atoms with Gasteiger partial charge in [0, 0.05) is 11.4 Å². The third-order valence-corrected chi connectivity index (χ3v) is 5.79. The number of aromatic nitrogens is 2. The molecular weight excluding hydrogens is 332 g/mol. The molecule has 0 saturated heterocycles. The molecule has 2 aromatic rings. The second-order valence-electron chi connectivity index (χ2n) is 5.95.